The molecule has 2 atom stereocenters. The minimum absolute atomic E-state index is 0.142. The Bertz CT molecular complexity index is 971. The summed E-state index contributed by atoms with van der Waals surface area (Å²) in [5.74, 6) is 2.31. The SMILES string of the molecule is COC(=O)CCNC1CCCCC1Cc1ccc2ccccc2c1OC1CCC(C(C)(C)C)CC1. The van der Waals surface area contributed by atoms with Crippen molar-refractivity contribution in [2.45, 2.75) is 97.1 Å². The van der Waals surface area contributed by atoms with Crippen LogP contribution in [0.2, 0.25) is 0 Å². The van der Waals surface area contributed by atoms with E-state index in [1.807, 2.05) is 0 Å². The Hall–Kier alpha value is -2.07. The maximum Gasteiger partial charge on any atom is 0.306 e. The Morgan fingerprint density at radius 2 is 1.71 bits per heavy atom. The number of nitrogens with one attached hydrogen (secondary N) is 1. The van der Waals surface area contributed by atoms with Gasteiger partial charge in [-0.25, -0.2) is 0 Å². The fourth-order valence-corrected chi connectivity index (χ4v) is 6.27. The van der Waals surface area contributed by atoms with E-state index in [1.54, 1.807) is 0 Å². The largest absolute Gasteiger partial charge is 0.489 e. The van der Waals surface area contributed by atoms with Crippen LogP contribution in [0.4, 0.5) is 0 Å². The van der Waals surface area contributed by atoms with Gasteiger partial charge in [-0.15, -0.1) is 0 Å². The van der Waals surface area contributed by atoms with Crippen LogP contribution in [-0.2, 0) is 16.0 Å². The fraction of sp³-hybridized carbons (Fsp3) is 0.645. The summed E-state index contributed by atoms with van der Waals surface area (Å²) in [5.41, 5.74) is 1.72. The lowest BCUT2D eigenvalue weighted by molar-refractivity contribution is -0.140. The normalized spacial score (nSPS) is 25.4. The van der Waals surface area contributed by atoms with Crippen LogP contribution in [-0.4, -0.2) is 31.8 Å². The van der Waals surface area contributed by atoms with Crippen LogP contribution >= 0.6 is 0 Å². The molecule has 35 heavy (non-hydrogen) atoms. The van der Waals surface area contributed by atoms with Gasteiger partial charge < -0.3 is 14.8 Å². The predicted molar refractivity (Wildman–Crippen MR) is 144 cm³/mol. The Morgan fingerprint density at radius 3 is 2.46 bits per heavy atom. The van der Waals surface area contributed by atoms with Crippen molar-refractivity contribution in [1.29, 1.82) is 0 Å². The van der Waals surface area contributed by atoms with Crippen molar-refractivity contribution in [3.63, 3.8) is 0 Å². The van der Waals surface area contributed by atoms with E-state index in [2.05, 4.69) is 62.5 Å². The zero-order chi connectivity index (χ0) is 24.8. The van der Waals surface area contributed by atoms with Crippen LogP contribution in [0.15, 0.2) is 36.4 Å². The number of carbonyl (C=O) groups excluding carboxylic acids is 1. The first kappa shape index (κ1) is 26.0. The number of esters is 1. The molecule has 0 saturated heterocycles. The van der Waals surface area contributed by atoms with E-state index in [4.69, 9.17) is 9.47 Å². The maximum atomic E-state index is 11.6. The highest BCUT2D eigenvalue weighted by Gasteiger charge is 2.31. The molecule has 0 heterocycles. The summed E-state index contributed by atoms with van der Waals surface area (Å²) in [4.78, 5) is 11.6. The van der Waals surface area contributed by atoms with Gasteiger partial charge in [-0.05, 0) is 73.1 Å². The predicted octanol–water partition coefficient (Wildman–Crippen LogP) is 7.08. The molecule has 0 amide bonds. The number of hydrogen-bond donors (Lipinski definition) is 1. The number of fused-ring (bicyclic) bond motifs is 1. The molecule has 2 aromatic carbocycles. The van der Waals surface area contributed by atoms with Gasteiger partial charge in [-0.1, -0.05) is 70.0 Å². The van der Waals surface area contributed by atoms with Crippen LogP contribution in [0.5, 0.6) is 5.75 Å². The summed E-state index contributed by atoms with van der Waals surface area (Å²) in [6.45, 7) is 7.82. The van der Waals surface area contributed by atoms with E-state index in [1.165, 1.54) is 62.0 Å². The second-order valence-corrected chi connectivity index (χ2v) is 11.9. The number of rotatable bonds is 8. The van der Waals surface area contributed by atoms with Gasteiger partial charge >= 0.3 is 5.97 Å². The lowest BCUT2D eigenvalue weighted by atomic mass is 9.72. The summed E-state index contributed by atoms with van der Waals surface area (Å²) >= 11 is 0. The van der Waals surface area contributed by atoms with Gasteiger partial charge in [-0.2, -0.15) is 0 Å². The minimum atomic E-state index is -0.142. The standard InChI is InChI=1S/C31H45NO3/c1-31(2,3)25-15-17-26(18-16-25)35-30-24(14-13-22-9-5-7-11-27(22)30)21-23-10-6-8-12-28(23)32-20-19-29(33)34-4/h5,7,9,11,13-14,23,25-26,28,32H,6,8,10,12,15-21H2,1-4H3. The average molecular weight is 480 g/mol. The molecule has 2 unspecified atom stereocenters. The van der Waals surface area contributed by atoms with Gasteiger partial charge in [0.25, 0.3) is 0 Å². The van der Waals surface area contributed by atoms with Gasteiger partial charge in [-0.3, -0.25) is 4.79 Å². The highest BCUT2D eigenvalue weighted by Crippen LogP contribution is 2.41. The second-order valence-electron chi connectivity index (χ2n) is 11.9. The third kappa shape index (κ3) is 6.78. The van der Waals surface area contributed by atoms with Crippen LogP contribution in [0.3, 0.4) is 0 Å². The summed E-state index contributed by atoms with van der Waals surface area (Å²) in [6, 6.07) is 13.7. The smallest absolute Gasteiger partial charge is 0.306 e. The molecule has 4 rings (SSSR count). The number of hydrogen-bond acceptors (Lipinski definition) is 4. The quantitative estimate of drug-likeness (QED) is 0.411. The molecule has 2 aliphatic carbocycles. The van der Waals surface area contributed by atoms with Crippen molar-refractivity contribution in [1.82, 2.24) is 5.32 Å². The lowest BCUT2D eigenvalue weighted by Crippen LogP contribution is -2.40. The van der Waals surface area contributed by atoms with Crippen molar-refractivity contribution < 1.29 is 14.3 Å². The van der Waals surface area contributed by atoms with Crippen molar-refractivity contribution in [2.24, 2.45) is 17.3 Å². The number of methoxy groups -OCH3 is 1. The van der Waals surface area contributed by atoms with E-state index < -0.39 is 0 Å². The summed E-state index contributed by atoms with van der Waals surface area (Å²) in [6.07, 6.45) is 11.5. The van der Waals surface area contributed by atoms with Gasteiger partial charge in [0.1, 0.15) is 5.75 Å². The molecule has 0 aromatic heterocycles. The highest BCUT2D eigenvalue weighted by molar-refractivity contribution is 5.89. The van der Waals surface area contributed by atoms with Crippen molar-refractivity contribution in [2.75, 3.05) is 13.7 Å². The monoisotopic (exact) mass is 479 g/mol. The van der Waals surface area contributed by atoms with Gasteiger partial charge in [0.15, 0.2) is 0 Å². The Labute approximate surface area is 212 Å². The fourth-order valence-electron chi connectivity index (χ4n) is 6.27. The number of benzene rings is 2. The van der Waals surface area contributed by atoms with Crippen LogP contribution in [0, 0.1) is 17.3 Å². The zero-order valence-electron chi connectivity index (χ0n) is 22.3. The molecule has 2 aromatic rings. The van der Waals surface area contributed by atoms with E-state index in [0.29, 0.717) is 36.4 Å². The van der Waals surface area contributed by atoms with Crippen LogP contribution in [0.1, 0.15) is 84.1 Å². The molecule has 0 aliphatic heterocycles. The molecule has 192 valence electrons. The first-order valence-corrected chi connectivity index (χ1v) is 13.8. The molecule has 2 saturated carbocycles. The molecule has 4 heteroatoms. The summed E-state index contributed by atoms with van der Waals surface area (Å²) in [7, 11) is 1.46. The molecule has 2 fully saturated rings. The minimum Gasteiger partial charge on any atom is -0.489 e. The maximum absolute atomic E-state index is 11.6. The van der Waals surface area contributed by atoms with Gasteiger partial charge in [0, 0.05) is 18.0 Å². The van der Waals surface area contributed by atoms with Gasteiger partial charge in [0.2, 0.25) is 0 Å². The Balaban J connectivity index is 1.50. The zero-order valence-corrected chi connectivity index (χ0v) is 22.3. The summed E-state index contributed by atoms with van der Waals surface area (Å²) < 4.78 is 11.7. The molecule has 0 spiro atoms. The first-order valence-electron chi connectivity index (χ1n) is 13.8. The van der Waals surface area contributed by atoms with Crippen molar-refractivity contribution in [3.8, 4) is 5.75 Å². The van der Waals surface area contributed by atoms with Crippen molar-refractivity contribution >= 4 is 16.7 Å². The van der Waals surface area contributed by atoms with E-state index in [0.717, 1.165) is 30.9 Å². The Kier molecular flexibility index (Phi) is 8.75. The average Bonchev–Trinajstić information content (AvgIpc) is 2.86. The number of ether oxygens (including phenoxy) is 2. The van der Waals surface area contributed by atoms with Crippen LogP contribution < -0.4 is 10.1 Å². The Morgan fingerprint density at radius 1 is 0.971 bits per heavy atom. The van der Waals surface area contributed by atoms with Gasteiger partial charge in [0.05, 0.1) is 19.6 Å². The van der Waals surface area contributed by atoms with E-state index >= 15 is 0 Å². The highest BCUT2D eigenvalue weighted by atomic mass is 16.5. The summed E-state index contributed by atoms with van der Waals surface area (Å²) in [5, 5.41) is 6.17. The third-order valence-corrected chi connectivity index (χ3v) is 8.50. The topological polar surface area (TPSA) is 47.6 Å². The first-order chi connectivity index (χ1) is 16.8. The second kappa shape index (κ2) is 11.8. The lowest BCUT2D eigenvalue weighted by Gasteiger charge is -2.37. The van der Waals surface area contributed by atoms with E-state index in [-0.39, 0.29) is 5.97 Å². The molecular weight excluding hydrogens is 434 g/mol. The number of carbonyl (C=O) groups is 1. The molecule has 0 bridgehead atoms. The van der Waals surface area contributed by atoms with E-state index in [9.17, 15) is 4.79 Å². The molecule has 0 radical (unpaired) electrons. The van der Waals surface area contributed by atoms with Crippen LogP contribution in [0.25, 0.3) is 10.8 Å². The van der Waals surface area contributed by atoms with Crippen molar-refractivity contribution in [3.05, 3.63) is 42.0 Å². The molecule has 1 N–H and O–H groups in total. The molecular formula is C31H45NO3. The third-order valence-electron chi connectivity index (χ3n) is 8.50. The molecule has 2 aliphatic rings. The molecule has 4 nitrogen and oxygen atoms in total.